The fourth-order valence-corrected chi connectivity index (χ4v) is 2.06. The van der Waals surface area contributed by atoms with Gasteiger partial charge >= 0.3 is 0 Å². The van der Waals surface area contributed by atoms with E-state index in [9.17, 15) is 0 Å². The third-order valence-electron chi connectivity index (χ3n) is 2.84. The summed E-state index contributed by atoms with van der Waals surface area (Å²) in [6.07, 6.45) is 4.31. The third kappa shape index (κ3) is 1.73. The Bertz CT molecular complexity index is 311. The molecule has 1 atom stereocenters. The highest BCUT2D eigenvalue weighted by Gasteiger charge is 2.23. The molecule has 0 saturated carbocycles. The molecule has 0 unspecified atom stereocenters. The average Bonchev–Trinajstić information content (AvgIpc) is 2.65. The molecule has 0 aliphatic carbocycles. The summed E-state index contributed by atoms with van der Waals surface area (Å²) >= 11 is 0. The lowest BCUT2D eigenvalue weighted by Gasteiger charge is -2.24. The van der Waals surface area contributed by atoms with E-state index in [1.165, 1.54) is 18.4 Å². The second kappa shape index (κ2) is 3.96. The van der Waals surface area contributed by atoms with Crippen LogP contribution in [0.4, 0.5) is 5.82 Å². The van der Waals surface area contributed by atoms with Gasteiger partial charge in [-0.15, -0.1) is 0 Å². The SMILES string of the molecule is Cc1ccnc(N2CCC[C@@H]2CN)c1. The van der Waals surface area contributed by atoms with Crippen molar-refractivity contribution in [2.24, 2.45) is 5.73 Å². The number of aromatic nitrogens is 1. The van der Waals surface area contributed by atoms with Crippen LogP contribution in [-0.2, 0) is 0 Å². The highest BCUT2D eigenvalue weighted by Crippen LogP contribution is 2.23. The van der Waals surface area contributed by atoms with Gasteiger partial charge < -0.3 is 10.6 Å². The first kappa shape index (κ1) is 9.46. The number of aryl methyl sites for hydroxylation is 1. The molecule has 2 rings (SSSR count). The molecule has 3 heteroatoms. The minimum Gasteiger partial charge on any atom is -0.352 e. The lowest BCUT2D eigenvalue weighted by atomic mass is 10.2. The van der Waals surface area contributed by atoms with Crippen molar-refractivity contribution in [2.75, 3.05) is 18.0 Å². The Labute approximate surface area is 84.9 Å². The lowest BCUT2D eigenvalue weighted by Crippen LogP contribution is -2.35. The average molecular weight is 191 g/mol. The molecule has 0 spiro atoms. The van der Waals surface area contributed by atoms with Gasteiger partial charge in [-0.05, 0) is 37.5 Å². The topological polar surface area (TPSA) is 42.2 Å². The molecule has 3 nitrogen and oxygen atoms in total. The van der Waals surface area contributed by atoms with Gasteiger partial charge in [-0.25, -0.2) is 4.98 Å². The summed E-state index contributed by atoms with van der Waals surface area (Å²) in [5.41, 5.74) is 6.99. The zero-order valence-corrected chi connectivity index (χ0v) is 8.61. The van der Waals surface area contributed by atoms with Crippen molar-refractivity contribution in [2.45, 2.75) is 25.8 Å². The van der Waals surface area contributed by atoms with E-state index in [1.54, 1.807) is 0 Å². The fourth-order valence-electron chi connectivity index (χ4n) is 2.06. The standard InChI is InChI=1S/C11H17N3/c1-9-4-5-13-11(7-9)14-6-2-3-10(14)8-12/h4-5,7,10H,2-3,6,8,12H2,1H3/t10-/m1/s1. The van der Waals surface area contributed by atoms with Crippen molar-refractivity contribution >= 4 is 5.82 Å². The lowest BCUT2D eigenvalue weighted by molar-refractivity contribution is 0.671. The zero-order chi connectivity index (χ0) is 9.97. The molecule has 1 fully saturated rings. The highest BCUT2D eigenvalue weighted by molar-refractivity contribution is 5.43. The molecule has 1 aliphatic rings. The van der Waals surface area contributed by atoms with E-state index >= 15 is 0 Å². The maximum absolute atomic E-state index is 5.73. The predicted molar refractivity (Wildman–Crippen MR) is 58.4 cm³/mol. The van der Waals surface area contributed by atoms with Crippen molar-refractivity contribution in [1.82, 2.24) is 4.98 Å². The van der Waals surface area contributed by atoms with E-state index in [0.29, 0.717) is 6.04 Å². The molecule has 0 amide bonds. The number of hydrogen-bond acceptors (Lipinski definition) is 3. The number of nitrogens with two attached hydrogens (primary N) is 1. The third-order valence-corrected chi connectivity index (χ3v) is 2.84. The Kier molecular flexibility index (Phi) is 2.68. The summed E-state index contributed by atoms with van der Waals surface area (Å²) in [7, 11) is 0. The molecule has 2 N–H and O–H groups in total. The van der Waals surface area contributed by atoms with Gasteiger partial charge in [-0.1, -0.05) is 0 Å². The number of hydrogen-bond donors (Lipinski definition) is 1. The van der Waals surface area contributed by atoms with Gasteiger partial charge in [-0.3, -0.25) is 0 Å². The van der Waals surface area contributed by atoms with Crippen LogP contribution in [0.15, 0.2) is 18.3 Å². The molecule has 2 heterocycles. The molecule has 0 bridgehead atoms. The summed E-state index contributed by atoms with van der Waals surface area (Å²) in [5.74, 6) is 1.08. The second-order valence-electron chi connectivity index (χ2n) is 3.92. The molecule has 1 saturated heterocycles. The molecular weight excluding hydrogens is 174 g/mol. The number of anilines is 1. The van der Waals surface area contributed by atoms with Gasteiger partial charge in [0.15, 0.2) is 0 Å². The smallest absolute Gasteiger partial charge is 0.129 e. The van der Waals surface area contributed by atoms with Crippen molar-refractivity contribution in [3.05, 3.63) is 23.9 Å². The number of pyridine rings is 1. The minimum atomic E-state index is 0.490. The van der Waals surface area contributed by atoms with Crippen LogP contribution >= 0.6 is 0 Å². The van der Waals surface area contributed by atoms with Crippen LogP contribution in [-0.4, -0.2) is 24.1 Å². The first-order chi connectivity index (χ1) is 6.81. The number of rotatable bonds is 2. The minimum absolute atomic E-state index is 0.490. The van der Waals surface area contributed by atoms with Gasteiger partial charge in [-0.2, -0.15) is 0 Å². The van der Waals surface area contributed by atoms with E-state index in [-0.39, 0.29) is 0 Å². The molecule has 1 aromatic heterocycles. The van der Waals surface area contributed by atoms with Gasteiger partial charge in [0.1, 0.15) is 5.82 Å². The van der Waals surface area contributed by atoms with Crippen LogP contribution in [0.5, 0.6) is 0 Å². The largest absolute Gasteiger partial charge is 0.352 e. The Morgan fingerprint density at radius 1 is 1.64 bits per heavy atom. The molecule has 1 aromatic rings. The molecule has 1 aliphatic heterocycles. The second-order valence-corrected chi connectivity index (χ2v) is 3.92. The molecular formula is C11H17N3. The van der Waals surface area contributed by atoms with E-state index in [2.05, 4.69) is 22.9 Å². The maximum atomic E-state index is 5.73. The van der Waals surface area contributed by atoms with E-state index in [4.69, 9.17) is 5.73 Å². The Balaban J connectivity index is 2.21. The Hall–Kier alpha value is -1.09. The molecule has 0 aromatic carbocycles. The monoisotopic (exact) mass is 191 g/mol. The van der Waals surface area contributed by atoms with E-state index in [1.807, 2.05) is 12.3 Å². The summed E-state index contributed by atoms with van der Waals surface area (Å²) in [4.78, 5) is 6.72. The van der Waals surface area contributed by atoms with Crippen LogP contribution < -0.4 is 10.6 Å². The summed E-state index contributed by atoms with van der Waals surface area (Å²) < 4.78 is 0. The van der Waals surface area contributed by atoms with E-state index in [0.717, 1.165) is 18.9 Å². The van der Waals surface area contributed by atoms with Gasteiger partial charge in [0.2, 0.25) is 0 Å². The Morgan fingerprint density at radius 3 is 3.21 bits per heavy atom. The van der Waals surface area contributed by atoms with Crippen LogP contribution in [0.3, 0.4) is 0 Å². The summed E-state index contributed by atoms with van der Waals surface area (Å²) in [6, 6.07) is 4.65. The van der Waals surface area contributed by atoms with Gasteiger partial charge in [0, 0.05) is 25.3 Å². The molecule has 0 radical (unpaired) electrons. The van der Waals surface area contributed by atoms with Crippen LogP contribution in [0.1, 0.15) is 18.4 Å². The fraction of sp³-hybridized carbons (Fsp3) is 0.545. The van der Waals surface area contributed by atoms with Crippen molar-refractivity contribution in [3.8, 4) is 0 Å². The van der Waals surface area contributed by atoms with Crippen LogP contribution in [0.2, 0.25) is 0 Å². The quantitative estimate of drug-likeness (QED) is 0.766. The molecule has 14 heavy (non-hydrogen) atoms. The predicted octanol–water partition coefficient (Wildman–Crippen LogP) is 1.32. The first-order valence-corrected chi connectivity index (χ1v) is 5.20. The van der Waals surface area contributed by atoms with Crippen molar-refractivity contribution in [3.63, 3.8) is 0 Å². The summed E-state index contributed by atoms with van der Waals surface area (Å²) in [5, 5.41) is 0. The van der Waals surface area contributed by atoms with Crippen molar-refractivity contribution in [1.29, 1.82) is 0 Å². The van der Waals surface area contributed by atoms with Gasteiger partial charge in [0.05, 0.1) is 0 Å². The zero-order valence-electron chi connectivity index (χ0n) is 8.61. The van der Waals surface area contributed by atoms with Crippen LogP contribution in [0, 0.1) is 6.92 Å². The molecule has 76 valence electrons. The van der Waals surface area contributed by atoms with Gasteiger partial charge in [0.25, 0.3) is 0 Å². The summed E-state index contributed by atoms with van der Waals surface area (Å²) in [6.45, 7) is 3.92. The van der Waals surface area contributed by atoms with E-state index < -0.39 is 0 Å². The maximum Gasteiger partial charge on any atom is 0.129 e. The highest BCUT2D eigenvalue weighted by atomic mass is 15.2. The number of nitrogens with zero attached hydrogens (tertiary/aromatic N) is 2. The first-order valence-electron chi connectivity index (χ1n) is 5.20. The van der Waals surface area contributed by atoms with Crippen molar-refractivity contribution < 1.29 is 0 Å². The normalized spacial score (nSPS) is 21.6. The van der Waals surface area contributed by atoms with Crippen LogP contribution in [0.25, 0.3) is 0 Å². The Morgan fingerprint density at radius 2 is 2.50 bits per heavy atom.